The third kappa shape index (κ3) is 15.6. The monoisotopic (exact) mass is 1410 g/mol. The minimum Gasteiger partial charge on any atom is -0.384 e. The topological polar surface area (TPSA) is 317 Å². The number of hydrogen-bond donors (Lipinski definition) is 7. The zero-order chi connectivity index (χ0) is 65.3. The second-order valence-electron chi connectivity index (χ2n) is 21.1. The first-order valence-electron chi connectivity index (χ1n) is 27.8. The van der Waals surface area contributed by atoms with Gasteiger partial charge in [0.05, 0.1) is 24.0 Å². The van der Waals surface area contributed by atoms with Gasteiger partial charge in [0.25, 0.3) is 28.5 Å². The van der Waals surface area contributed by atoms with Crippen molar-refractivity contribution < 1.29 is 28.8 Å². The molecule has 27 heteroatoms. The number of halogens is 5. The lowest BCUT2D eigenvalue weighted by molar-refractivity contribution is -0.118. The first-order valence-corrected chi connectivity index (χ1v) is 30.5. The maximum Gasteiger partial charge on any atom is 0.277 e. The van der Waals surface area contributed by atoms with Gasteiger partial charge in [0.2, 0.25) is 17.6 Å². The van der Waals surface area contributed by atoms with Crippen molar-refractivity contribution in [1.82, 2.24) is 44.7 Å². The SMILES string of the molecule is CC(=O)c1ccccc1.CC1(c2ccccc2)NC(=O)c2c(Cl)cc(Br)c(=O)n21.CC1(c2ccccc2)NC(=O)c2c(Cl)cc(Nc3cc(NC(=O)C4CC4)ncn3)c(=O)n21.Nc1cc(NC(=O)C2CC2)ncn1.O=C(c1ccccc1)c1[nH]c(=O)c(Br)cc1Cl. The molecule has 8 N–H and O–H groups in total. The number of nitrogens with one attached hydrogen (secondary N) is 6. The van der Waals surface area contributed by atoms with Crippen molar-refractivity contribution in [2.45, 2.75) is 57.8 Å². The van der Waals surface area contributed by atoms with Crippen molar-refractivity contribution >= 4 is 131 Å². The molecule has 22 nitrogen and oxygen atoms in total. The summed E-state index contributed by atoms with van der Waals surface area (Å²) in [6.07, 6.45) is 6.33. The van der Waals surface area contributed by atoms with Crippen molar-refractivity contribution in [1.29, 1.82) is 0 Å². The van der Waals surface area contributed by atoms with E-state index in [4.69, 9.17) is 40.5 Å². The van der Waals surface area contributed by atoms with E-state index in [1.54, 1.807) is 51.1 Å². The summed E-state index contributed by atoms with van der Waals surface area (Å²) in [6, 6.07) is 43.7. The number of Topliss-reactive ketones (excluding diaryl/α,β-unsaturated/α-hetero) is 1. The number of fused-ring (bicyclic) bond motifs is 2. The molecule has 0 bridgehead atoms. The summed E-state index contributed by atoms with van der Waals surface area (Å²) in [5, 5.41) is 14.7. The Morgan fingerprint density at radius 1 is 0.549 bits per heavy atom. The lowest BCUT2D eigenvalue weighted by atomic mass is 10.0. The number of carbonyl (C=O) groups excluding carboxylic acids is 6. The van der Waals surface area contributed by atoms with Crippen LogP contribution in [0.2, 0.25) is 15.1 Å². The van der Waals surface area contributed by atoms with Crippen LogP contribution in [0.1, 0.15) is 105 Å². The Labute approximate surface area is 550 Å². The molecule has 4 aliphatic rings. The molecule has 2 aliphatic carbocycles. The molecular weight excluding hydrogens is 1360 g/mol. The summed E-state index contributed by atoms with van der Waals surface area (Å²) in [6.45, 7) is 5.09. The number of benzene rings is 4. The number of nitrogens with two attached hydrogens (primary N) is 1. The van der Waals surface area contributed by atoms with Crippen LogP contribution in [0.5, 0.6) is 0 Å². The highest BCUT2D eigenvalue weighted by molar-refractivity contribution is 9.10. The van der Waals surface area contributed by atoms with Gasteiger partial charge in [0.15, 0.2) is 5.78 Å². The van der Waals surface area contributed by atoms with Gasteiger partial charge in [-0.25, -0.2) is 19.9 Å². The molecule has 0 saturated heterocycles. The molecule has 4 aromatic carbocycles. The average molecular weight is 1420 g/mol. The van der Waals surface area contributed by atoms with E-state index in [-0.39, 0.29) is 90.1 Å². The van der Waals surface area contributed by atoms with Gasteiger partial charge in [-0.05, 0) is 108 Å². The number of ketones is 2. The van der Waals surface area contributed by atoms with E-state index in [0.29, 0.717) is 37.8 Å². The van der Waals surface area contributed by atoms with E-state index < -0.39 is 22.8 Å². The predicted octanol–water partition coefficient (Wildman–Crippen LogP) is 10.9. The fourth-order valence-electron chi connectivity index (χ4n) is 9.38. The highest BCUT2D eigenvalue weighted by Crippen LogP contribution is 2.36. The van der Waals surface area contributed by atoms with E-state index >= 15 is 0 Å². The molecule has 0 spiro atoms. The zero-order valence-electron chi connectivity index (χ0n) is 48.4. The summed E-state index contributed by atoms with van der Waals surface area (Å²) >= 11 is 24.7. The predicted molar refractivity (Wildman–Crippen MR) is 353 cm³/mol. The second-order valence-corrected chi connectivity index (χ2v) is 24.0. The molecule has 2 unspecified atom stereocenters. The molecule has 9 aromatic rings. The van der Waals surface area contributed by atoms with Crippen molar-refractivity contribution in [2.24, 2.45) is 11.8 Å². The first-order chi connectivity index (χ1) is 43.5. The number of amides is 4. The van der Waals surface area contributed by atoms with Gasteiger partial charge in [0, 0.05) is 35.1 Å². The van der Waals surface area contributed by atoms with Crippen LogP contribution in [-0.2, 0) is 20.9 Å². The molecular formula is C64H54Br2Cl3N13O9. The summed E-state index contributed by atoms with van der Waals surface area (Å²) in [4.78, 5) is 126. The Hall–Kier alpha value is -9.46. The molecule has 5 aromatic heterocycles. The molecule has 464 valence electrons. The molecule has 2 atom stereocenters. The number of aromatic amines is 1. The molecule has 4 amide bonds. The Morgan fingerprint density at radius 2 is 0.978 bits per heavy atom. The molecule has 2 saturated carbocycles. The first kappa shape index (κ1) is 66.0. The molecule has 13 rings (SSSR count). The van der Waals surface area contributed by atoms with Crippen LogP contribution >= 0.6 is 66.7 Å². The van der Waals surface area contributed by atoms with Crippen LogP contribution in [0.4, 0.5) is 29.0 Å². The van der Waals surface area contributed by atoms with Gasteiger partial charge in [0.1, 0.15) is 70.0 Å². The number of nitrogen functional groups attached to an aromatic ring is 1. The fourth-order valence-corrected chi connectivity index (χ4v) is 11.2. The van der Waals surface area contributed by atoms with Crippen LogP contribution in [0.3, 0.4) is 0 Å². The maximum atomic E-state index is 13.4. The minimum absolute atomic E-state index is 0.0260. The number of nitrogens with zero attached hydrogens (tertiary/aromatic N) is 6. The highest BCUT2D eigenvalue weighted by atomic mass is 79.9. The lowest BCUT2D eigenvalue weighted by Gasteiger charge is -2.28. The minimum atomic E-state index is -1.11. The summed E-state index contributed by atoms with van der Waals surface area (Å²) < 4.78 is 3.38. The van der Waals surface area contributed by atoms with Gasteiger partial charge in [-0.2, -0.15) is 0 Å². The van der Waals surface area contributed by atoms with Crippen molar-refractivity contribution in [3.8, 4) is 0 Å². The molecule has 2 aliphatic heterocycles. The van der Waals surface area contributed by atoms with Gasteiger partial charge in [-0.15, -0.1) is 0 Å². The van der Waals surface area contributed by atoms with Gasteiger partial charge in [-0.1, -0.05) is 156 Å². The van der Waals surface area contributed by atoms with E-state index in [0.717, 1.165) is 42.4 Å². The van der Waals surface area contributed by atoms with E-state index in [1.807, 2.05) is 97.1 Å². The zero-order valence-corrected chi connectivity index (χ0v) is 53.8. The largest absolute Gasteiger partial charge is 0.384 e. The average Bonchev–Trinajstić information content (AvgIpc) is 1.61. The Balaban J connectivity index is 0.000000144. The fraction of sp³-hybridized carbons (Fsp3) is 0.172. The summed E-state index contributed by atoms with van der Waals surface area (Å²) in [7, 11) is 0. The number of anilines is 5. The van der Waals surface area contributed by atoms with E-state index in [1.165, 1.54) is 46.1 Å². The highest BCUT2D eigenvalue weighted by Gasteiger charge is 2.44. The summed E-state index contributed by atoms with van der Waals surface area (Å²) in [5.41, 5.74) is 5.55. The Bertz CT molecular complexity index is 4470. The van der Waals surface area contributed by atoms with Gasteiger partial charge in [-0.3, -0.25) is 52.3 Å². The van der Waals surface area contributed by atoms with Gasteiger partial charge >= 0.3 is 0 Å². The third-order valence-electron chi connectivity index (χ3n) is 14.4. The number of aromatic nitrogens is 7. The molecule has 0 radical (unpaired) electrons. The quantitative estimate of drug-likeness (QED) is 0.0592. The standard InChI is InChI=1S/C22H19ClN6O3.C14H10BrClN2O2.C12H7BrClNO2.C8H10N4O.C8H8O/c1-22(13-5-3-2-4-6-13)28-20(31)18-14(23)9-15(21(32)29(18)22)26-16-10-17(25-11-24-16)27-19(30)12-7-8-12;1-14(8-5-3-2-4-6-8)17-12(19)11-10(16)7-9(15)13(20)18(11)14;13-8-6-9(14)10(15-12(8)17)11(16)7-4-2-1-3-5-7;9-6-3-7(11-4-10-6)12-8(13)5-1-2-5;1-7(9)8-5-3-2-4-6-8/h2-6,9-12H,7-8H2,1H3,(H,28,31)(H2,24,25,26,27,30);2-7H,1H3,(H,17,19);1-6H,(H,15,17);3-5H,1-2H2,(H3,9,10,11,12,13);2-6H,1H3. The molecule has 91 heavy (non-hydrogen) atoms. The van der Waals surface area contributed by atoms with Crippen molar-refractivity contribution in [3.05, 3.63) is 259 Å². The second kappa shape index (κ2) is 28.6. The number of pyridine rings is 3. The smallest absolute Gasteiger partial charge is 0.277 e. The number of carbonyl (C=O) groups is 6. The number of rotatable bonds is 11. The van der Waals surface area contributed by atoms with Gasteiger partial charge < -0.3 is 37.3 Å². The number of H-pyrrole nitrogens is 1. The lowest BCUT2D eigenvalue weighted by Crippen LogP contribution is -2.45. The van der Waals surface area contributed by atoms with Crippen LogP contribution < -0.4 is 49.0 Å². The Morgan fingerprint density at radius 3 is 1.45 bits per heavy atom. The van der Waals surface area contributed by atoms with Crippen LogP contribution in [-0.4, -0.2) is 69.2 Å². The van der Waals surface area contributed by atoms with Crippen molar-refractivity contribution in [3.63, 3.8) is 0 Å². The van der Waals surface area contributed by atoms with Crippen molar-refractivity contribution in [2.75, 3.05) is 21.7 Å². The summed E-state index contributed by atoms with van der Waals surface area (Å²) in [5.74, 6) is 0.649. The van der Waals surface area contributed by atoms with Crippen LogP contribution in [0.15, 0.2) is 188 Å². The maximum absolute atomic E-state index is 13.4. The Kier molecular flexibility index (Phi) is 20.7. The normalized spacial score (nSPS) is 16.3. The van der Waals surface area contributed by atoms with E-state index in [9.17, 15) is 43.2 Å². The molecule has 2 fully saturated rings. The van der Waals surface area contributed by atoms with Crippen LogP contribution in [0, 0.1) is 11.8 Å². The number of hydrogen-bond acceptors (Lipinski definition) is 15. The van der Waals surface area contributed by atoms with E-state index in [2.05, 4.69) is 83.4 Å². The molecule has 7 heterocycles. The third-order valence-corrected chi connectivity index (χ3v) is 16.4. The van der Waals surface area contributed by atoms with Crippen LogP contribution in [0.25, 0.3) is 0 Å².